The van der Waals surface area contributed by atoms with Crippen molar-refractivity contribution >= 4 is 5.69 Å². The number of hydrogen-bond acceptors (Lipinski definition) is 5. The summed E-state index contributed by atoms with van der Waals surface area (Å²) < 4.78 is 5.54. The van der Waals surface area contributed by atoms with E-state index in [4.69, 9.17) is 10.5 Å². The fraction of sp³-hybridized carbons (Fsp3) is 0.600. The van der Waals surface area contributed by atoms with Crippen molar-refractivity contribution < 1.29 is 14.9 Å². The van der Waals surface area contributed by atoms with Gasteiger partial charge in [0, 0.05) is 25.4 Å². The van der Waals surface area contributed by atoms with Crippen LogP contribution in [0.25, 0.3) is 0 Å². The molecule has 0 saturated carbocycles. The second-order valence-corrected chi connectivity index (χ2v) is 5.48. The van der Waals surface area contributed by atoms with E-state index in [1.54, 1.807) is 24.3 Å². The quantitative estimate of drug-likeness (QED) is 0.669. The lowest BCUT2D eigenvalue weighted by Crippen LogP contribution is -2.42. The van der Waals surface area contributed by atoms with E-state index in [0.717, 1.165) is 25.9 Å². The molecule has 1 aliphatic rings. The number of nitrogens with zero attached hydrogens (tertiary/aromatic N) is 1. The Morgan fingerprint density at radius 2 is 2.10 bits per heavy atom. The van der Waals surface area contributed by atoms with E-state index in [1.807, 2.05) is 0 Å². The maximum atomic E-state index is 10.0. The molecule has 0 bridgehead atoms. The fourth-order valence-corrected chi connectivity index (χ4v) is 2.57. The third-order valence-corrected chi connectivity index (χ3v) is 3.65. The van der Waals surface area contributed by atoms with Crippen LogP contribution in [0.1, 0.15) is 12.8 Å². The van der Waals surface area contributed by atoms with Crippen molar-refractivity contribution in [3.8, 4) is 5.75 Å². The lowest BCUT2D eigenvalue weighted by atomic mass is 9.99. The van der Waals surface area contributed by atoms with E-state index < -0.39 is 6.10 Å². The predicted octanol–water partition coefficient (Wildman–Crippen LogP) is 0.713. The van der Waals surface area contributed by atoms with E-state index in [0.29, 0.717) is 23.9 Å². The molecule has 1 saturated heterocycles. The molecule has 1 aromatic carbocycles. The molecule has 0 aliphatic carbocycles. The summed E-state index contributed by atoms with van der Waals surface area (Å²) in [6.07, 6.45) is 1.63. The number of likely N-dealkylation sites (tertiary alicyclic amines) is 1. The van der Waals surface area contributed by atoms with Gasteiger partial charge in [-0.3, -0.25) is 0 Å². The maximum Gasteiger partial charge on any atom is 0.119 e. The van der Waals surface area contributed by atoms with Crippen LogP contribution in [-0.4, -0.2) is 54.1 Å². The molecular weight excluding hydrogens is 256 g/mol. The summed E-state index contributed by atoms with van der Waals surface area (Å²) in [7, 11) is 0. The second-order valence-electron chi connectivity index (χ2n) is 5.48. The van der Waals surface area contributed by atoms with Gasteiger partial charge >= 0.3 is 0 Å². The van der Waals surface area contributed by atoms with Crippen molar-refractivity contribution in [2.24, 2.45) is 5.92 Å². The smallest absolute Gasteiger partial charge is 0.119 e. The van der Waals surface area contributed by atoms with Crippen LogP contribution in [0.4, 0.5) is 5.69 Å². The Labute approximate surface area is 120 Å². The highest BCUT2D eigenvalue weighted by molar-refractivity contribution is 5.41. The summed E-state index contributed by atoms with van der Waals surface area (Å²) in [5.41, 5.74) is 6.30. The Hall–Kier alpha value is -1.30. The number of rotatable bonds is 6. The molecular formula is C15H24N2O3. The van der Waals surface area contributed by atoms with Crippen molar-refractivity contribution in [2.75, 3.05) is 38.6 Å². The van der Waals surface area contributed by atoms with Crippen molar-refractivity contribution in [2.45, 2.75) is 18.9 Å². The molecule has 5 nitrogen and oxygen atoms in total. The van der Waals surface area contributed by atoms with E-state index in [1.165, 1.54) is 0 Å². The molecule has 4 N–H and O–H groups in total. The summed E-state index contributed by atoms with van der Waals surface area (Å²) >= 11 is 0. The van der Waals surface area contributed by atoms with Crippen LogP contribution in [0.2, 0.25) is 0 Å². The third kappa shape index (κ3) is 4.67. The summed E-state index contributed by atoms with van der Waals surface area (Å²) in [5, 5.41) is 19.2. The second kappa shape index (κ2) is 7.47. The number of anilines is 1. The number of piperidine rings is 1. The molecule has 2 rings (SSSR count). The van der Waals surface area contributed by atoms with Crippen LogP contribution in [0.15, 0.2) is 24.3 Å². The van der Waals surface area contributed by atoms with Gasteiger partial charge in [-0.15, -0.1) is 0 Å². The highest BCUT2D eigenvalue weighted by Gasteiger charge is 2.21. The molecule has 0 amide bonds. The number of hydrogen-bond donors (Lipinski definition) is 3. The normalized spacial score (nSPS) is 21.6. The van der Waals surface area contributed by atoms with Gasteiger partial charge in [0.2, 0.25) is 0 Å². The monoisotopic (exact) mass is 280 g/mol. The number of β-amino-alcohol motifs (C(OH)–C–C–N with tert-alkyl or cyclic N) is 1. The zero-order valence-corrected chi connectivity index (χ0v) is 11.7. The summed E-state index contributed by atoms with van der Waals surface area (Å²) in [6.45, 7) is 2.93. The lowest BCUT2D eigenvalue weighted by Gasteiger charge is -2.33. The van der Waals surface area contributed by atoms with Crippen LogP contribution < -0.4 is 10.5 Å². The topological polar surface area (TPSA) is 79.0 Å². The first-order chi connectivity index (χ1) is 9.67. The molecule has 1 aromatic rings. The maximum absolute atomic E-state index is 10.0. The predicted molar refractivity (Wildman–Crippen MR) is 78.6 cm³/mol. The van der Waals surface area contributed by atoms with Crippen LogP contribution in [-0.2, 0) is 0 Å². The van der Waals surface area contributed by atoms with E-state index in [-0.39, 0.29) is 13.2 Å². The molecule has 2 atom stereocenters. The Bertz CT molecular complexity index is 397. The van der Waals surface area contributed by atoms with Gasteiger partial charge in [0.15, 0.2) is 0 Å². The number of aliphatic hydroxyl groups is 2. The minimum Gasteiger partial charge on any atom is -0.491 e. The molecule has 112 valence electrons. The number of ether oxygens (including phenoxy) is 1. The largest absolute Gasteiger partial charge is 0.491 e. The first-order valence-electron chi connectivity index (χ1n) is 7.17. The summed E-state index contributed by atoms with van der Waals surface area (Å²) in [4.78, 5) is 2.20. The Morgan fingerprint density at radius 1 is 1.35 bits per heavy atom. The summed E-state index contributed by atoms with van der Waals surface area (Å²) in [6, 6.07) is 7.14. The minimum atomic E-state index is -0.523. The molecule has 1 aliphatic heterocycles. The van der Waals surface area contributed by atoms with E-state index >= 15 is 0 Å². The molecule has 0 aromatic heterocycles. The van der Waals surface area contributed by atoms with Gasteiger partial charge in [0.25, 0.3) is 0 Å². The van der Waals surface area contributed by atoms with Gasteiger partial charge < -0.3 is 25.6 Å². The molecule has 20 heavy (non-hydrogen) atoms. The molecule has 5 heteroatoms. The van der Waals surface area contributed by atoms with E-state index in [9.17, 15) is 10.2 Å². The van der Waals surface area contributed by atoms with Crippen LogP contribution >= 0.6 is 0 Å². The summed E-state index contributed by atoms with van der Waals surface area (Å²) in [5.74, 6) is 1.05. The molecule has 1 heterocycles. The average molecular weight is 280 g/mol. The standard InChI is InChI=1S/C15H24N2O3/c16-13-3-5-15(6-4-13)20-11-14(19)9-17-7-1-2-12(8-17)10-18/h3-6,12,14,18-19H,1-2,7-11,16H2. The Balaban J connectivity index is 1.72. The van der Waals surface area contributed by atoms with Crippen molar-refractivity contribution in [3.05, 3.63) is 24.3 Å². The third-order valence-electron chi connectivity index (χ3n) is 3.65. The lowest BCUT2D eigenvalue weighted by molar-refractivity contribution is 0.0431. The molecule has 0 spiro atoms. The van der Waals surface area contributed by atoms with Crippen LogP contribution in [0.5, 0.6) is 5.75 Å². The van der Waals surface area contributed by atoms with E-state index in [2.05, 4.69) is 4.90 Å². The van der Waals surface area contributed by atoms with Gasteiger partial charge in [-0.2, -0.15) is 0 Å². The van der Waals surface area contributed by atoms with Gasteiger partial charge in [0.05, 0.1) is 0 Å². The number of benzene rings is 1. The zero-order chi connectivity index (χ0) is 14.4. The van der Waals surface area contributed by atoms with Gasteiger partial charge in [-0.25, -0.2) is 0 Å². The van der Waals surface area contributed by atoms with Crippen molar-refractivity contribution in [1.82, 2.24) is 4.90 Å². The first kappa shape index (κ1) is 15.1. The highest BCUT2D eigenvalue weighted by atomic mass is 16.5. The van der Waals surface area contributed by atoms with Crippen molar-refractivity contribution in [1.29, 1.82) is 0 Å². The fourth-order valence-electron chi connectivity index (χ4n) is 2.57. The number of nitrogens with two attached hydrogens (primary N) is 1. The number of aliphatic hydroxyl groups excluding tert-OH is 2. The Kier molecular flexibility index (Phi) is 5.64. The minimum absolute atomic E-state index is 0.231. The average Bonchev–Trinajstić information content (AvgIpc) is 2.47. The SMILES string of the molecule is Nc1ccc(OCC(O)CN2CCCC(CO)C2)cc1. The zero-order valence-electron chi connectivity index (χ0n) is 11.7. The number of nitrogen functional groups attached to an aromatic ring is 1. The van der Waals surface area contributed by atoms with Crippen LogP contribution in [0, 0.1) is 5.92 Å². The van der Waals surface area contributed by atoms with Gasteiger partial charge in [-0.1, -0.05) is 0 Å². The van der Waals surface area contributed by atoms with Gasteiger partial charge in [-0.05, 0) is 49.6 Å². The Morgan fingerprint density at radius 3 is 2.80 bits per heavy atom. The molecule has 2 unspecified atom stereocenters. The van der Waals surface area contributed by atoms with Crippen molar-refractivity contribution in [3.63, 3.8) is 0 Å². The van der Waals surface area contributed by atoms with Gasteiger partial charge in [0.1, 0.15) is 18.5 Å². The molecule has 0 radical (unpaired) electrons. The highest BCUT2D eigenvalue weighted by Crippen LogP contribution is 2.16. The first-order valence-corrected chi connectivity index (χ1v) is 7.17. The van der Waals surface area contributed by atoms with Crippen LogP contribution in [0.3, 0.4) is 0 Å². The molecule has 1 fully saturated rings.